The molecule has 0 aromatic rings. The molecule has 0 heterocycles. The summed E-state index contributed by atoms with van der Waals surface area (Å²) in [7, 11) is -7.22. The number of hydrogen-bond donors (Lipinski definition) is 0. The molecule has 8 rings (SSSR count). The average molecular weight is 451 g/mol. The highest BCUT2D eigenvalue weighted by molar-refractivity contribution is 7.92. The molecular formula is C21H30F3O3PS. The molecule has 0 N–H and O–H groups in total. The summed E-state index contributed by atoms with van der Waals surface area (Å²) in [6.07, 6.45) is 12.6. The van der Waals surface area contributed by atoms with Gasteiger partial charge < -0.3 is 0 Å². The van der Waals surface area contributed by atoms with Gasteiger partial charge in [0.05, 0.1) is 8.15 Å². The van der Waals surface area contributed by atoms with Crippen molar-refractivity contribution in [3.05, 3.63) is 0 Å². The van der Waals surface area contributed by atoms with Crippen molar-refractivity contribution in [2.24, 2.45) is 35.5 Å². The molecular weight excluding hydrogens is 420 g/mol. The van der Waals surface area contributed by atoms with E-state index in [1.165, 1.54) is 38.5 Å². The van der Waals surface area contributed by atoms with E-state index in [4.69, 9.17) is 3.97 Å². The monoisotopic (exact) mass is 450 g/mol. The number of halogens is 3. The SMILES string of the molecule is O=S(=O)(OP(C12CC3CC(CC(C3)C1)C2)C12CC3CC(CC(C3)C1)C2)C(F)(F)F. The van der Waals surface area contributed by atoms with Gasteiger partial charge in [0.1, 0.15) is 0 Å². The Hall–Kier alpha value is 0.130. The van der Waals surface area contributed by atoms with E-state index in [9.17, 15) is 21.6 Å². The third-order valence-corrected chi connectivity index (χ3v) is 14.1. The smallest absolute Gasteiger partial charge is 0.240 e. The Bertz CT molecular complexity index is 694. The second-order valence-electron chi connectivity index (χ2n) is 11.6. The van der Waals surface area contributed by atoms with Crippen LogP contribution in [0.1, 0.15) is 77.0 Å². The molecule has 8 saturated carbocycles. The number of alkyl halides is 3. The highest BCUT2D eigenvalue weighted by atomic mass is 32.2. The number of hydrogen-bond acceptors (Lipinski definition) is 3. The molecule has 0 aromatic heterocycles. The lowest BCUT2D eigenvalue weighted by Crippen LogP contribution is -2.57. The van der Waals surface area contributed by atoms with E-state index in [0.717, 1.165) is 38.5 Å². The third kappa shape index (κ3) is 2.99. The van der Waals surface area contributed by atoms with Crippen LogP contribution in [-0.4, -0.2) is 24.2 Å². The van der Waals surface area contributed by atoms with Crippen LogP contribution in [0.2, 0.25) is 0 Å². The Kier molecular flexibility index (Phi) is 4.18. The maximum absolute atomic E-state index is 13.4. The van der Waals surface area contributed by atoms with E-state index in [1.54, 1.807) is 0 Å². The van der Waals surface area contributed by atoms with Gasteiger partial charge in [-0.15, -0.1) is 0 Å². The summed E-state index contributed by atoms with van der Waals surface area (Å²) in [5.74, 6) is 3.40. The summed E-state index contributed by atoms with van der Waals surface area (Å²) in [5.41, 5.74) is -5.32. The van der Waals surface area contributed by atoms with Gasteiger partial charge in [-0.2, -0.15) is 21.6 Å². The van der Waals surface area contributed by atoms with Crippen LogP contribution in [0.5, 0.6) is 0 Å². The van der Waals surface area contributed by atoms with Crippen LogP contribution >= 0.6 is 8.15 Å². The first kappa shape index (κ1) is 19.8. The predicted molar refractivity (Wildman–Crippen MR) is 105 cm³/mol. The molecule has 164 valence electrons. The highest BCUT2D eigenvalue weighted by Crippen LogP contribution is 2.79. The normalized spacial score (nSPS) is 51.6. The first-order valence-electron chi connectivity index (χ1n) is 11.4. The summed E-state index contributed by atoms with van der Waals surface area (Å²) in [6.45, 7) is 0. The van der Waals surface area contributed by atoms with E-state index in [2.05, 4.69) is 0 Å². The molecule has 0 saturated heterocycles. The fraction of sp³-hybridized carbons (Fsp3) is 1.00. The highest BCUT2D eigenvalue weighted by Gasteiger charge is 2.66. The standard InChI is InChI=1S/C21H30F3O3PS/c22-21(23,24)29(25,26)27-28(19-7-13-1-14(8-19)3-15(2-13)9-19)20-10-16-4-17(11-20)6-18(5-16)12-20/h13-18H,1-12H2. The fourth-order valence-corrected chi connectivity index (χ4v) is 15.4. The summed E-state index contributed by atoms with van der Waals surface area (Å²) >= 11 is 0. The summed E-state index contributed by atoms with van der Waals surface area (Å²) in [4.78, 5) is 0. The molecule has 8 bridgehead atoms. The van der Waals surface area contributed by atoms with E-state index in [0.29, 0.717) is 35.5 Å². The van der Waals surface area contributed by atoms with Gasteiger partial charge in [-0.1, -0.05) is 0 Å². The largest absolute Gasteiger partial charge is 0.523 e. The van der Waals surface area contributed by atoms with Gasteiger partial charge in [0.2, 0.25) is 0 Å². The molecule has 8 heteroatoms. The minimum absolute atomic E-state index is 0.298. The van der Waals surface area contributed by atoms with Crippen LogP contribution in [-0.2, 0) is 14.1 Å². The Morgan fingerprint density at radius 1 is 0.655 bits per heavy atom. The zero-order chi connectivity index (χ0) is 20.2. The lowest BCUT2D eigenvalue weighted by atomic mass is 9.55. The zero-order valence-electron chi connectivity index (χ0n) is 16.7. The molecule has 0 spiro atoms. The molecule has 8 aliphatic rings. The van der Waals surface area contributed by atoms with Crippen LogP contribution < -0.4 is 0 Å². The topological polar surface area (TPSA) is 43.4 Å². The number of rotatable bonds is 4. The molecule has 0 unspecified atom stereocenters. The minimum Gasteiger partial charge on any atom is -0.240 e. The lowest BCUT2D eigenvalue weighted by molar-refractivity contribution is -0.0505. The molecule has 0 aromatic carbocycles. The summed E-state index contributed by atoms with van der Waals surface area (Å²) in [6, 6.07) is 0. The van der Waals surface area contributed by atoms with Crippen molar-refractivity contribution in [3.63, 3.8) is 0 Å². The Morgan fingerprint density at radius 3 is 1.17 bits per heavy atom. The van der Waals surface area contributed by atoms with Gasteiger partial charge in [0.15, 0.2) is 0 Å². The molecule has 8 aliphatic carbocycles. The maximum atomic E-state index is 13.4. The van der Waals surface area contributed by atoms with Crippen molar-refractivity contribution in [2.45, 2.75) is 92.9 Å². The van der Waals surface area contributed by atoms with Crippen LogP contribution in [0.4, 0.5) is 13.2 Å². The van der Waals surface area contributed by atoms with Crippen LogP contribution in [0.15, 0.2) is 0 Å². The van der Waals surface area contributed by atoms with E-state index < -0.39 is 23.8 Å². The third-order valence-electron chi connectivity index (χ3n) is 9.33. The molecule has 0 atom stereocenters. The minimum atomic E-state index is -5.56. The van der Waals surface area contributed by atoms with E-state index >= 15 is 0 Å². The van der Waals surface area contributed by atoms with Gasteiger partial charge in [0.25, 0.3) is 0 Å². The van der Waals surface area contributed by atoms with Crippen molar-refractivity contribution in [1.29, 1.82) is 0 Å². The molecule has 3 nitrogen and oxygen atoms in total. The maximum Gasteiger partial charge on any atom is 0.523 e. The van der Waals surface area contributed by atoms with Crippen LogP contribution in [0, 0.1) is 35.5 Å². The predicted octanol–water partition coefficient (Wildman–Crippen LogP) is 6.19. The quantitative estimate of drug-likeness (QED) is 0.379. The van der Waals surface area contributed by atoms with Crippen molar-refractivity contribution in [2.75, 3.05) is 0 Å². The zero-order valence-corrected chi connectivity index (χ0v) is 18.4. The van der Waals surface area contributed by atoms with Crippen molar-refractivity contribution in [3.8, 4) is 0 Å². The fourth-order valence-electron chi connectivity index (χ4n) is 9.43. The average Bonchev–Trinajstić information content (AvgIpc) is 2.56. The van der Waals surface area contributed by atoms with Crippen LogP contribution in [0.3, 0.4) is 0 Å². The Morgan fingerprint density at radius 2 is 0.931 bits per heavy atom. The van der Waals surface area contributed by atoms with Crippen molar-refractivity contribution < 1.29 is 25.6 Å². The van der Waals surface area contributed by atoms with Gasteiger partial charge in [-0.3, -0.25) is 0 Å². The van der Waals surface area contributed by atoms with E-state index in [1.807, 2.05) is 0 Å². The van der Waals surface area contributed by atoms with Crippen molar-refractivity contribution >= 4 is 18.3 Å². The first-order chi connectivity index (χ1) is 13.6. The lowest BCUT2D eigenvalue weighted by Gasteiger charge is -2.66. The molecule has 0 amide bonds. The molecule has 8 fully saturated rings. The van der Waals surface area contributed by atoms with Crippen molar-refractivity contribution in [1.82, 2.24) is 0 Å². The Labute approximate surface area is 172 Å². The van der Waals surface area contributed by atoms with Gasteiger partial charge >= 0.3 is 15.6 Å². The van der Waals surface area contributed by atoms with Gasteiger partial charge in [0, 0.05) is 10.3 Å². The van der Waals surface area contributed by atoms with E-state index in [-0.39, 0.29) is 10.3 Å². The second kappa shape index (κ2) is 6.13. The molecule has 0 radical (unpaired) electrons. The molecule has 0 aliphatic heterocycles. The summed E-state index contributed by atoms with van der Waals surface area (Å²) < 4.78 is 70.4. The molecule has 29 heavy (non-hydrogen) atoms. The van der Waals surface area contributed by atoms with Crippen LogP contribution in [0.25, 0.3) is 0 Å². The van der Waals surface area contributed by atoms with Gasteiger partial charge in [-0.05, 0) is 113 Å². The van der Waals surface area contributed by atoms with Gasteiger partial charge in [-0.25, -0.2) is 3.97 Å². The second-order valence-corrected chi connectivity index (χ2v) is 16.0. The summed E-state index contributed by atoms with van der Waals surface area (Å²) in [5, 5.41) is -0.595. The Balaban J connectivity index is 1.43. The first-order valence-corrected chi connectivity index (χ1v) is 14.0.